The number of aromatic amines is 1. The van der Waals surface area contributed by atoms with Crippen molar-refractivity contribution in [1.82, 2.24) is 25.2 Å². The summed E-state index contributed by atoms with van der Waals surface area (Å²) in [7, 11) is 0. The van der Waals surface area contributed by atoms with Gasteiger partial charge in [0, 0.05) is 18.5 Å². The van der Waals surface area contributed by atoms with Crippen LogP contribution in [0.5, 0.6) is 0 Å². The molecule has 2 rings (SSSR count). The molecule has 2 N–H and O–H groups in total. The molecule has 0 saturated carbocycles. The molecule has 2 aromatic rings. The number of carboxylic acids is 1. The number of rotatable bonds is 3. The molecule has 0 aliphatic rings. The van der Waals surface area contributed by atoms with Gasteiger partial charge in [0.15, 0.2) is 17.3 Å². The zero-order valence-electron chi connectivity index (χ0n) is 8.86. The molecule has 88 valence electrons. The molecule has 0 spiro atoms. The van der Waals surface area contributed by atoms with Crippen molar-refractivity contribution in [3.05, 3.63) is 28.7 Å². The van der Waals surface area contributed by atoms with Gasteiger partial charge in [0.2, 0.25) is 0 Å². The molecule has 0 aliphatic carbocycles. The molecule has 1 unspecified atom stereocenters. The van der Waals surface area contributed by atoms with Crippen LogP contribution in [0.4, 0.5) is 0 Å². The van der Waals surface area contributed by atoms with Gasteiger partial charge in [-0.15, -0.1) is 5.10 Å². The van der Waals surface area contributed by atoms with E-state index in [0.717, 1.165) is 4.68 Å². The quantitative estimate of drug-likeness (QED) is 0.753. The fourth-order valence-electron chi connectivity index (χ4n) is 1.33. The summed E-state index contributed by atoms with van der Waals surface area (Å²) in [5.41, 5.74) is -0.0528. The second kappa shape index (κ2) is 4.16. The number of hydrogen-bond donors (Lipinski definition) is 2. The monoisotopic (exact) mass is 235 g/mol. The Morgan fingerprint density at radius 1 is 1.59 bits per heavy atom. The summed E-state index contributed by atoms with van der Waals surface area (Å²) in [6, 6.07) is 0.374. The molecule has 0 aromatic carbocycles. The Hall–Kier alpha value is -2.51. The van der Waals surface area contributed by atoms with Gasteiger partial charge in [-0.3, -0.25) is 4.79 Å². The molecule has 0 bridgehead atoms. The summed E-state index contributed by atoms with van der Waals surface area (Å²) < 4.78 is 1.09. The van der Waals surface area contributed by atoms with Crippen molar-refractivity contribution in [1.29, 1.82) is 0 Å². The Labute approximate surface area is 94.9 Å². The lowest BCUT2D eigenvalue weighted by Gasteiger charge is -2.07. The number of aromatic nitrogens is 5. The molecular weight excluding hydrogens is 226 g/mol. The molecule has 17 heavy (non-hydrogen) atoms. The van der Waals surface area contributed by atoms with Gasteiger partial charge < -0.3 is 10.1 Å². The summed E-state index contributed by atoms with van der Waals surface area (Å²) in [5.74, 6) is -0.951. The number of nitrogens with one attached hydrogen (secondary N) is 1. The number of aliphatic carboxylic acids is 1. The highest BCUT2D eigenvalue weighted by Gasteiger charge is 2.21. The number of carbonyl (C=O) groups is 1. The van der Waals surface area contributed by atoms with Gasteiger partial charge in [-0.1, -0.05) is 0 Å². The summed E-state index contributed by atoms with van der Waals surface area (Å²) >= 11 is 0. The second-order valence-corrected chi connectivity index (χ2v) is 3.38. The molecule has 2 aromatic heterocycles. The SMILES string of the molecule is CC(C(=O)O)n1nnnc1-c1c[nH]ccc1=O. The number of pyridine rings is 1. The third-order valence-electron chi connectivity index (χ3n) is 2.28. The minimum Gasteiger partial charge on any atom is -0.480 e. The van der Waals surface area contributed by atoms with E-state index in [2.05, 4.69) is 20.5 Å². The molecule has 0 fully saturated rings. The fourth-order valence-corrected chi connectivity index (χ4v) is 1.33. The minimum absolute atomic E-state index is 0.127. The van der Waals surface area contributed by atoms with Crippen molar-refractivity contribution in [3.8, 4) is 11.4 Å². The highest BCUT2D eigenvalue weighted by atomic mass is 16.4. The number of carboxylic acid groups (broad SMARTS) is 1. The van der Waals surface area contributed by atoms with Gasteiger partial charge in [0.25, 0.3) is 0 Å². The van der Waals surface area contributed by atoms with E-state index in [1.807, 2.05) is 0 Å². The molecule has 1 atom stereocenters. The van der Waals surface area contributed by atoms with Crippen molar-refractivity contribution in [2.45, 2.75) is 13.0 Å². The first-order valence-electron chi connectivity index (χ1n) is 4.79. The Kier molecular flexibility index (Phi) is 2.69. The second-order valence-electron chi connectivity index (χ2n) is 3.38. The van der Waals surface area contributed by atoms with E-state index in [1.54, 1.807) is 0 Å². The molecule has 8 heteroatoms. The first kappa shape index (κ1) is 11.0. The van der Waals surface area contributed by atoms with E-state index >= 15 is 0 Å². The molecule has 2 heterocycles. The van der Waals surface area contributed by atoms with Gasteiger partial charge in [0.05, 0.1) is 5.56 Å². The maximum Gasteiger partial charge on any atom is 0.328 e. The van der Waals surface area contributed by atoms with Gasteiger partial charge in [-0.25, -0.2) is 9.48 Å². The molecule has 0 radical (unpaired) electrons. The maximum atomic E-state index is 11.6. The number of H-pyrrole nitrogens is 1. The zero-order valence-corrected chi connectivity index (χ0v) is 8.86. The van der Waals surface area contributed by atoms with Crippen LogP contribution >= 0.6 is 0 Å². The van der Waals surface area contributed by atoms with Crippen LogP contribution in [-0.2, 0) is 4.79 Å². The van der Waals surface area contributed by atoms with Crippen molar-refractivity contribution >= 4 is 5.97 Å². The van der Waals surface area contributed by atoms with Crippen LogP contribution in [0, 0.1) is 0 Å². The van der Waals surface area contributed by atoms with Crippen LogP contribution in [-0.4, -0.2) is 36.3 Å². The Bertz CT molecular complexity index is 602. The number of nitrogens with zero attached hydrogens (tertiary/aromatic N) is 4. The Morgan fingerprint density at radius 2 is 2.35 bits per heavy atom. The van der Waals surface area contributed by atoms with Crippen LogP contribution in [0.3, 0.4) is 0 Å². The van der Waals surface area contributed by atoms with Gasteiger partial charge in [-0.05, 0) is 17.4 Å². The van der Waals surface area contributed by atoms with Crippen molar-refractivity contribution < 1.29 is 9.90 Å². The predicted octanol–water partition coefficient (Wildman–Crippen LogP) is -0.326. The predicted molar refractivity (Wildman–Crippen MR) is 56.2 cm³/mol. The molecule has 8 nitrogen and oxygen atoms in total. The van der Waals surface area contributed by atoms with Gasteiger partial charge >= 0.3 is 5.97 Å². The average Bonchev–Trinajstić information content (AvgIpc) is 2.77. The maximum absolute atomic E-state index is 11.6. The normalized spacial score (nSPS) is 12.3. The topological polar surface area (TPSA) is 114 Å². The highest BCUT2D eigenvalue weighted by molar-refractivity contribution is 5.72. The Morgan fingerprint density at radius 3 is 3.00 bits per heavy atom. The summed E-state index contributed by atoms with van der Waals surface area (Å²) in [4.78, 5) is 25.2. The third-order valence-corrected chi connectivity index (χ3v) is 2.28. The van der Waals surface area contributed by atoms with E-state index in [0.29, 0.717) is 0 Å². The van der Waals surface area contributed by atoms with Crippen LogP contribution < -0.4 is 5.43 Å². The molecular formula is C9H9N5O3. The summed E-state index contributed by atoms with van der Waals surface area (Å²) in [5, 5.41) is 19.5. The van der Waals surface area contributed by atoms with E-state index in [4.69, 9.17) is 5.11 Å². The van der Waals surface area contributed by atoms with E-state index in [9.17, 15) is 9.59 Å². The average molecular weight is 235 g/mol. The van der Waals surface area contributed by atoms with Crippen LogP contribution in [0.25, 0.3) is 11.4 Å². The fraction of sp³-hybridized carbons (Fsp3) is 0.222. The van der Waals surface area contributed by atoms with E-state index in [1.165, 1.54) is 25.4 Å². The van der Waals surface area contributed by atoms with Crippen molar-refractivity contribution in [2.24, 2.45) is 0 Å². The highest BCUT2D eigenvalue weighted by Crippen LogP contribution is 2.14. The number of hydrogen-bond acceptors (Lipinski definition) is 5. The first-order valence-corrected chi connectivity index (χ1v) is 4.79. The zero-order chi connectivity index (χ0) is 12.4. The molecule has 0 aliphatic heterocycles. The van der Waals surface area contributed by atoms with Gasteiger partial charge in [0.1, 0.15) is 0 Å². The van der Waals surface area contributed by atoms with E-state index < -0.39 is 12.0 Å². The molecule has 0 amide bonds. The first-order chi connectivity index (χ1) is 8.11. The standard InChI is InChI=1S/C9H9N5O3/c1-5(9(16)17)14-8(11-12-13-14)6-4-10-3-2-7(6)15/h2-5H,1H3,(H,10,15)(H,16,17). The van der Waals surface area contributed by atoms with E-state index in [-0.39, 0.29) is 16.8 Å². The lowest BCUT2D eigenvalue weighted by Crippen LogP contribution is -2.19. The van der Waals surface area contributed by atoms with Crippen molar-refractivity contribution in [3.63, 3.8) is 0 Å². The molecule has 0 saturated heterocycles. The van der Waals surface area contributed by atoms with Crippen LogP contribution in [0.1, 0.15) is 13.0 Å². The largest absolute Gasteiger partial charge is 0.480 e. The van der Waals surface area contributed by atoms with Crippen LogP contribution in [0.2, 0.25) is 0 Å². The third kappa shape index (κ3) is 1.92. The van der Waals surface area contributed by atoms with Crippen LogP contribution in [0.15, 0.2) is 23.3 Å². The smallest absolute Gasteiger partial charge is 0.328 e. The minimum atomic E-state index is -1.08. The van der Waals surface area contributed by atoms with Gasteiger partial charge in [-0.2, -0.15) is 0 Å². The van der Waals surface area contributed by atoms with Crippen molar-refractivity contribution in [2.75, 3.05) is 0 Å². The summed E-state index contributed by atoms with van der Waals surface area (Å²) in [6.07, 6.45) is 2.90. The Balaban J connectivity index is 2.55. The number of tetrazole rings is 1. The summed E-state index contributed by atoms with van der Waals surface area (Å²) in [6.45, 7) is 1.43. The lowest BCUT2D eigenvalue weighted by molar-refractivity contribution is -0.140. The lowest BCUT2D eigenvalue weighted by atomic mass is 10.2.